The largest absolute Gasteiger partial charge is 0.378 e. The number of hydrogen-bond donors (Lipinski definition) is 2. The molecule has 0 radical (unpaired) electrons. The number of nitrogens with zero attached hydrogens (tertiary/aromatic N) is 1. The quantitative estimate of drug-likeness (QED) is 0.469. The standard InChI is InChI=1S/C13H15FN2O3.C9H8Cl2.C5H13N/c14-11-3-1-10(2-4-11)13(18)15-9-12(17)16-5-7-19-8-6-16;10-8-4-3-7(5-9(8)11)6-1-2-6;1-3-4-5-6-2/h1-4H,5-9H2,(H,15,18);3-6H,1-2H2;6H,3-5H2,1-2H3. The van der Waals surface area contributed by atoms with Crippen molar-refractivity contribution in [1.29, 1.82) is 0 Å². The summed E-state index contributed by atoms with van der Waals surface area (Å²) >= 11 is 11.6. The highest BCUT2D eigenvalue weighted by atomic mass is 35.5. The summed E-state index contributed by atoms with van der Waals surface area (Å²) in [5, 5.41) is 6.92. The second kappa shape index (κ2) is 16.5. The maximum atomic E-state index is 12.7. The van der Waals surface area contributed by atoms with E-state index in [0.717, 1.165) is 12.5 Å². The van der Waals surface area contributed by atoms with E-state index in [1.165, 1.54) is 55.5 Å². The minimum atomic E-state index is -0.402. The van der Waals surface area contributed by atoms with Crippen LogP contribution in [0.1, 0.15) is 54.4 Å². The molecule has 1 saturated heterocycles. The third kappa shape index (κ3) is 11.2. The average Bonchev–Trinajstić information content (AvgIpc) is 3.75. The van der Waals surface area contributed by atoms with Gasteiger partial charge in [0.1, 0.15) is 5.82 Å². The fraction of sp³-hybridized carbons (Fsp3) is 0.481. The van der Waals surface area contributed by atoms with Gasteiger partial charge >= 0.3 is 0 Å². The molecule has 2 amide bonds. The number of rotatable bonds is 7. The number of carbonyl (C=O) groups is 2. The normalized spacial score (nSPS) is 14.6. The molecule has 2 aromatic carbocycles. The summed E-state index contributed by atoms with van der Waals surface area (Å²) in [6.07, 6.45) is 5.20. The Hall–Kier alpha value is -2.19. The van der Waals surface area contributed by atoms with E-state index in [4.69, 9.17) is 27.9 Å². The summed E-state index contributed by atoms with van der Waals surface area (Å²) in [5.74, 6) is -0.175. The van der Waals surface area contributed by atoms with Gasteiger partial charge in [-0.3, -0.25) is 9.59 Å². The second-order valence-corrected chi connectivity index (χ2v) is 9.40. The molecule has 6 nitrogen and oxygen atoms in total. The van der Waals surface area contributed by atoms with E-state index in [2.05, 4.69) is 23.6 Å². The molecule has 1 aliphatic carbocycles. The van der Waals surface area contributed by atoms with Crippen molar-refractivity contribution >= 4 is 35.0 Å². The fourth-order valence-corrected chi connectivity index (χ4v) is 3.63. The van der Waals surface area contributed by atoms with Crippen LogP contribution in [0, 0.1) is 5.82 Å². The Morgan fingerprint density at radius 3 is 2.25 bits per heavy atom. The lowest BCUT2D eigenvalue weighted by Gasteiger charge is -2.26. The van der Waals surface area contributed by atoms with Crippen molar-refractivity contribution in [2.75, 3.05) is 46.4 Å². The first-order valence-corrected chi connectivity index (χ1v) is 13.1. The smallest absolute Gasteiger partial charge is 0.251 e. The van der Waals surface area contributed by atoms with E-state index in [0.29, 0.717) is 41.9 Å². The van der Waals surface area contributed by atoms with Crippen molar-refractivity contribution in [3.8, 4) is 0 Å². The van der Waals surface area contributed by atoms with E-state index in [-0.39, 0.29) is 18.4 Å². The third-order valence-electron chi connectivity index (χ3n) is 5.64. The molecule has 0 atom stereocenters. The zero-order valence-electron chi connectivity index (χ0n) is 21.0. The van der Waals surface area contributed by atoms with Gasteiger partial charge in [-0.25, -0.2) is 4.39 Å². The molecule has 9 heteroatoms. The fourth-order valence-electron chi connectivity index (χ4n) is 3.32. The number of unbranched alkanes of at least 4 members (excludes halogenated alkanes) is 1. The van der Waals surface area contributed by atoms with Gasteiger partial charge in [-0.1, -0.05) is 42.6 Å². The highest BCUT2D eigenvalue weighted by Crippen LogP contribution is 2.41. The van der Waals surface area contributed by atoms with E-state index in [9.17, 15) is 14.0 Å². The highest BCUT2D eigenvalue weighted by Gasteiger charge is 2.23. The molecular formula is C27H36Cl2FN3O3. The van der Waals surface area contributed by atoms with E-state index < -0.39 is 5.82 Å². The van der Waals surface area contributed by atoms with Gasteiger partial charge in [0, 0.05) is 18.7 Å². The van der Waals surface area contributed by atoms with E-state index in [1.807, 2.05) is 19.2 Å². The monoisotopic (exact) mass is 539 g/mol. The maximum absolute atomic E-state index is 12.7. The Kier molecular flexibility index (Phi) is 13.8. The van der Waals surface area contributed by atoms with Crippen molar-refractivity contribution in [2.45, 2.75) is 38.5 Å². The zero-order valence-corrected chi connectivity index (χ0v) is 22.5. The topological polar surface area (TPSA) is 70.7 Å². The van der Waals surface area contributed by atoms with Gasteiger partial charge in [-0.05, 0) is 80.7 Å². The van der Waals surface area contributed by atoms with Crippen LogP contribution in [0.2, 0.25) is 10.0 Å². The molecule has 198 valence electrons. The van der Waals surface area contributed by atoms with Crippen LogP contribution in [0.4, 0.5) is 4.39 Å². The van der Waals surface area contributed by atoms with Crippen LogP contribution in [-0.4, -0.2) is 63.2 Å². The van der Waals surface area contributed by atoms with Crippen molar-refractivity contribution < 1.29 is 18.7 Å². The summed E-state index contributed by atoms with van der Waals surface area (Å²) in [6.45, 7) is 5.44. The lowest BCUT2D eigenvalue weighted by molar-refractivity contribution is -0.134. The molecule has 2 fully saturated rings. The first-order valence-electron chi connectivity index (χ1n) is 12.3. The Labute approximate surface area is 223 Å². The molecule has 1 saturated carbocycles. The Morgan fingerprint density at radius 1 is 1.06 bits per heavy atom. The van der Waals surface area contributed by atoms with Gasteiger partial charge in [-0.2, -0.15) is 0 Å². The summed E-state index contributed by atoms with van der Waals surface area (Å²) in [7, 11) is 1.98. The number of benzene rings is 2. The number of halogens is 3. The number of ether oxygens (including phenoxy) is 1. The van der Waals surface area contributed by atoms with Crippen molar-refractivity contribution in [3.05, 3.63) is 69.5 Å². The van der Waals surface area contributed by atoms with Gasteiger partial charge in [0.25, 0.3) is 5.91 Å². The summed E-state index contributed by atoms with van der Waals surface area (Å²) in [6, 6.07) is 11.1. The van der Waals surface area contributed by atoms with Crippen LogP contribution < -0.4 is 10.6 Å². The predicted octanol–water partition coefficient (Wildman–Crippen LogP) is 5.29. The van der Waals surface area contributed by atoms with Crippen LogP contribution in [0.5, 0.6) is 0 Å². The third-order valence-corrected chi connectivity index (χ3v) is 6.38. The summed E-state index contributed by atoms with van der Waals surface area (Å²) < 4.78 is 17.8. The lowest BCUT2D eigenvalue weighted by Crippen LogP contribution is -2.45. The average molecular weight is 541 g/mol. The number of morpholine rings is 1. The molecule has 1 aliphatic heterocycles. The maximum Gasteiger partial charge on any atom is 0.251 e. The summed E-state index contributed by atoms with van der Waals surface area (Å²) in [4.78, 5) is 25.1. The Morgan fingerprint density at radius 2 is 1.72 bits per heavy atom. The van der Waals surface area contributed by atoms with E-state index in [1.54, 1.807) is 4.90 Å². The predicted molar refractivity (Wildman–Crippen MR) is 143 cm³/mol. The number of hydrogen-bond acceptors (Lipinski definition) is 4. The molecular weight excluding hydrogens is 504 g/mol. The van der Waals surface area contributed by atoms with Gasteiger partial charge in [-0.15, -0.1) is 0 Å². The van der Waals surface area contributed by atoms with E-state index >= 15 is 0 Å². The molecule has 0 aromatic heterocycles. The highest BCUT2D eigenvalue weighted by molar-refractivity contribution is 6.42. The first kappa shape index (κ1) is 30.0. The van der Waals surface area contributed by atoms with Crippen LogP contribution >= 0.6 is 23.2 Å². The Balaban J connectivity index is 0.000000225. The molecule has 0 spiro atoms. The molecule has 2 N–H and O–H groups in total. The van der Waals surface area contributed by atoms with Gasteiger partial charge in [0.05, 0.1) is 29.8 Å². The molecule has 0 bridgehead atoms. The first-order chi connectivity index (χ1) is 17.3. The number of amides is 2. The summed E-state index contributed by atoms with van der Waals surface area (Å²) in [5.41, 5.74) is 1.66. The van der Waals surface area contributed by atoms with Crippen LogP contribution in [0.25, 0.3) is 0 Å². The number of carbonyl (C=O) groups excluding carboxylic acids is 2. The van der Waals surface area contributed by atoms with Crippen molar-refractivity contribution in [3.63, 3.8) is 0 Å². The van der Waals surface area contributed by atoms with Crippen LogP contribution in [0.15, 0.2) is 42.5 Å². The molecule has 4 rings (SSSR count). The van der Waals surface area contributed by atoms with Gasteiger partial charge in [0.15, 0.2) is 0 Å². The SMILES string of the molecule is CCCCNC.Clc1ccc(C2CC2)cc1Cl.O=C(NCC(=O)N1CCOCC1)c1ccc(F)cc1. The second-order valence-electron chi connectivity index (χ2n) is 8.59. The van der Waals surface area contributed by atoms with Crippen molar-refractivity contribution in [2.24, 2.45) is 0 Å². The molecule has 0 unspecified atom stereocenters. The minimum absolute atomic E-state index is 0.0593. The van der Waals surface area contributed by atoms with Gasteiger partial charge in [0.2, 0.25) is 5.91 Å². The van der Waals surface area contributed by atoms with Crippen LogP contribution in [0.3, 0.4) is 0 Å². The Bertz CT molecular complexity index is 946. The number of nitrogens with one attached hydrogen (secondary N) is 2. The lowest BCUT2D eigenvalue weighted by atomic mass is 10.1. The van der Waals surface area contributed by atoms with Crippen LogP contribution in [-0.2, 0) is 9.53 Å². The zero-order chi connectivity index (χ0) is 26.3. The van der Waals surface area contributed by atoms with Crippen molar-refractivity contribution in [1.82, 2.24) is 15.5 Å². The molecule has 2 aromatic rings. The molecule has 36 heavy (non-hydrogen) atoms. The molecule has 2 aliphatic rings. The minimum Gasteiger partial charge on any atom is -0.378 e. The molecule has 1 heterocycles. The van der Waals surface area contributed by atoms with Gasteiger partial charge < -0.3 is 20.3 Å².